The molecule has 16 nitrogen and oxygen atoms in total. The number of benzene rings is 1. The first-order valence-electron chi connectivity index (χ1n) is 12.8. The Kier molecular flexibility index (Phi) is 19.6. The number of aliphatic hydroxyl groups excluding tert-OH is 12. The van der Waals surface area contributed by atoms with Crippen molar-refractivity contribution in [3.63, 3.8) is 0 Å². The summed E-state index contributed by atoms with van der Waals surface area (Å²) in [5.41, 5.74) is 0.0110. The van der Waals surface area contributed by atoms with Gasteiger partial charge in [-0.2, -0.15) is 0 Å². The molecule has 1 rings (SSSR count). The van der Waals surface area contributed by atoms with Crippen LogP contribution in [0, 0.1) is 14.3 Å². The Bertz CT molecular complexity index is 957. The van der Waals surface area contributed by atoms with Gasteiger partial charge in [-0.25, -0.2) is 0 Å². The fourth-order valence-corrected chi connectivity index (χ4v) is 7.79. The van der Waals surface area contributed by atoms with Crippen molar-refractivity contribution in [2.75, 3.05) is 52.6 Å². The number of halogens is 4. The number of hydrogen-bond acceptors (Lipinski definition) is 14. The van der Waals surface area contributed by atoms with Crippen LogP contribution in [0.15, 0.2) is 0 Å². The molecular weight excluding hydrogens is 1050 g/mol. The second-order valence-corrected chi connectivity index (χ2v) is 14.0. The van der Waals surface area contributed by atoms with E-state index in [4.69, 9.17) is 0 Å². The zero-order valence-electron chi connectivity index (χ0n) is 22.9. The third-order valence-corrected chi connectivity index (χ3v) is 12.8. The summed E-state index contributed by atoms with van der Waals surface area (Å²) in [5, 5.41) is 118. The van der Waals surface area contributed by atoms with E-state index in [0.717, 1.165) is 9.80 Å². The Morgan fingerprint density at radius 2 is 0.614 bits per heavy atom. The van der Waals surface area contributed by atoms with Crippen molar-refractivity contribution in [3.8, 4) is 0 Å². The molecule has 8 unspecified atom stereocenters. The van der Waals surface area contributed by atoms with E-state index in [2.05, 4.69) is 0 Å². The minimum absolute atomic E-state index is 0.00551. The van der Waals surface area contributed by atoms with E-state index in [0.29, 0.717) is 0 Å². The average molecular weight is 1080 g/mol. The fourth-order valence-electron chi connectivity index (χ4n) is 3.68. The van der Waals surface area contributed by atoms with E-state index in [-0.39, 0.29) is 25.4 Å². The lowest BCUT2D eigenvalue weighted by molar-refractivity contribution is -0.0485. The molecular formula is C24H36I4N2O14. The Morgan fingerprint density at radius 1 is 0.432 bits per heavy atom. The molecule has 0 spiro atoms. The van der Waals surface area contributed by atoms with E-state index in [1.165, 1.54) is 0 Å². The standard InChI is InChI=1S/C24H36I4N2O14/c25-19-17(23(43)29(1-9(35)13(39)5-31)2-10(36)14(40)6-32)20(26)22(28)18(21(19)27)24(44)30(3-11(37)15(41)7-33)4-12(38)16(42)8-34/h9-16,31-42H,1-8H2. The minimum atomic E-state index is -1.66. The minimum Gasteiger partial charge on any atom is -0.394 e. The van der Waals surface area contributed by atoms with Gasteiger partial charge in [-0.1, -0.05) is 0 Å². The van der Waals surface area contributed by atoms with Gasteiger partial charge in [0.25, 0.3) is 11.8 Å². The average Bonchev–Trinajstić information content (AvgIpc) is 3.00. The summed E-state index contributed by atoms with van der Waals surface area (Å²) in [7, 11) is 0. The van der Waals surface area contributed by atoms with E-state index < -0.39 is 113 Å². The summed E-state index contributed by atoms with van der Waals surface area (Å²) in [6, 6.07) is 0. The first kappa shape index (κ1) is 42.6. The predicted octanol–water partition coefficient (Wildman–Crippen LogP) is -4.15. The van der Waals surface area contributed by atoms with Crippen molar-refractivity contribution < 1.29 is 70.9 Å². The SMILES string of the molecule is O=C(c1c(I)c(I)c(C(=O)N(CC(O)C(O)CO)CC(O)C(O)CO)c(I)c1I)N(CC(O)C(O)CO)CC(O)C(O)CO. The number of aliphatic hydroxyl groups is 12. The number of rotatable bonds is 18. The Labute approximate surface area is 306 Å². The molecule has 0 saturated heterocycles. The number of hydrogen-bond donors (Lipinski definition) is 12. The maximum Gasteiger partial charge on any atom is 0.256 e. The van der Waals surface area contributed by atoms with E-state index in [1.807, 2.05) is 0 Å². The van der Waals surface area contributed by atoms with Gasteiger partial charge in [0.15, 0.2) is 0 Å². The van der Waals surface area contributed by atoms with Crippen LogP contribution in [0.4, 0.5) is 0 Å². The highest BCUT2D eigenvalue weighted by Gasteiger charge is 2.35. The van der Waals surface area contributed by atoms with Crippen LogP contribution in [0.2, 0.25) is 0 Å². The highest BCUT2D eigenvalue weighted by molar-refractivity contribution is 14.1. The number of carbonyl (C=O) groups is 2. The zero-order chi connectivity index (χ0) is 34.0. The Morgan fingerprint density at radius 3 is 0.773 bits per heavy atom. The molecule has 0 heterocycles. The van der Waals surface area contributed by atoms with Crippen LogP contribution in [0.3, 0.4) is 0 Å². The van der Waals surface area contributed by atoms with Crippen LogP contribution in [0.5, 0.6) is 0 Å². The number of amides is 2. The van der Waals surface area contributed by atoms with Crippen molar-refractivity contribution in [3.05, 3.63) is 25.4 Å². The van der Waals surface area contributed by atoms with E-state index in [1.54, 1.807) is 90.4 Å². The molecule has 1 aromatic carbocycles. The highest BCUT2D eigenvalue weighted by Crippen LogP contribution is 2.35. The molecule has 0 radical (unpaired) electrons. The van der Waals surface area contributed by atoms with Crippen LogP contribution in [0.1, 0.15) is 20.7 Å². The molecule has 0 saturated carbocycles. The lowest BCUT2D eigenvalue weighted by Crippen LogP contribution is -2.49. The summed E-state index contributed by atoms with van der Waals surface area (Å²) in [5.74, 6) is -1.61. The molecule has 20 heteroatoms. The Balaban J connectivity index is 3.68. The first-order chi connectivity index (χ1) is 20.5. The van der Waals surface area contributed by atoms with Gasteiger partial charge >= 0.3 is 0 Å². The zero-order valence-corrected chi connectivity index (χ0v) is 31.5. The number of nitrogens with zero attached hydrogens (tertiary/aromatic N) is 2. The van der Waals surface area contributed by atoms with Gasteiger partial charge in [-0.3, -0.25) is 9.59 Å². The largest absolute Gasteiger partial charge is 0.394 e. The molecule has 0 aliphatic carbocycles. The summed E-state index contributed by atoms with van der Waals surface area (Å²) >= 11 is 7.15. The van der Waals surface area contributed by atoms with Gasteiger partial charge in [0.2, 0.25) is 0 Å². The van der Waals surface area contributed by atoms with Gasteiger partial charge in [-0.05, 0) is 90.4 Å². The van der Waals surface area contributed by atoms with Crippen LogP contribution in [-0.2, 0) is 0 Å². The molecule has 0 bridgehead atoms. The molecule has 0 aliphatic heterocycles. The van der Waals surface area contributed by atoms with Gasteiger partial charge in [-0.15, -0.1) is 0 Å². The summed E-state index contributed by atoms with van der Waals surface area (Å²) in [4.78, 5) is 29.5. The molecule has 0 aliphatic rings. The maximum absolute atomic E-state index is 13.8. The third-order valence-electron chi connectivity index (χ3n) is 6.42. The second-order valence-electron chi connectivity index (χ2n) is 9.70. The van der Waals surface area contributed by atoms with Crippen LogP contribution in [-0.4, -0.2) is 184 Å². The smallest absolute Gasteiger partial charge is 0.256 e. The molecule has 44 heavy (non-hydrogen) atoms. The molecule has 12 N–H and O–H groups in total. The number of carbonyl (C=O) groups excluding carboxylic acids is 2. The van der Waals surface area contributed by atoms with E-state index >= 15 is 0 Å². The monoisotopic (exact) mass is 1080 g/mol. The molecule has 1 aromatic rings. The topological polar surface area (TPSA) is 283 Å². The van der Waals surface area contributed by atoms with Crippen molar-refractivity contribution in [2.45, 2.75) is 48.8 Å². The molecule has 8 atom stereocenters. The first-order valence-corrected chi connectivity index (χ1v) is 17.1. The van der Waals surface area contributed by atoms with Crippen molar-refractivity contribution in [2.24, 2.45) is 0 Å². The summed E-state index contributed by atoms with van der Waals surface area (Å²) in [6.45, 7) is -5.73. The van der Waals surface area contributed by atoms with E-state index in [9.17, 15) is 70.9 Å². The maximum atomic E-state index is 13.8. The van der Waals surface area contributed by atoms with Crippen molar-refractivity contribution in [1.29, 1.82) is 0 Å². The van der Waals surface area contributed by atoms with Gasteiger partial charge in [0.1, 0.15) is 24.4 Å². The lowest BCUT2D eigenvalue weighted by atomic mass is 10.1. The van der Waals surface area contributed by atoms with Crippen molar-refractivity contribution >= 4 is 102 Å². The molecule has 0 fully saturated rings. The summed E-state index contributed by atoms with van der Waals surface area (Å²) in [6.07, 6.45) is -13.2. The van der Waals surface area contributed by atoms with Crippen LogP contribution < -0.4 is 0 Å². The van der Waals surface area contributed by atoms with Gasteiger partial charge in [0, 0.05) is 40.5 Å². The summed E-state index contributed by atoms with van der Waals surface area (Å²) < 4.78 is 0.861. The quantitative estimate of drug-likeness (QED) is 0.0492. The normalized spacial score (nSPS) is 17.3. The second kappa shape index (κ2) is 20.2. The third kappa shape index (κ3) is 11.3. The Hall–Kier alpha value is 0.600. The van der Waals surface area contributed by atoms with Crippen LogP contribution in [0.25, 0.3) is 0 Å². The fraction of sp³-hybridized carbons (Fsp3) is 0.667. The van der Waals surface area contributed by atoms with Crippen molar-refractivity contribution in [1.82, 2.24) is 9.80 Å². The highest BCUT2D eigenvalue weighted by atomic mass is 127. The predicted molar refractivity (Wildman–Crippen MR) is 186 cm³/mol. The lowest BCUT2D eigenvalue weighted by Gasteiger charge is -2.32. The van der Waals surface area contributed by atoms with Gasteiger partial charge in [0.05, 0.1) is 62.0 Å². The molecule has 2 amide bonds. The van der Waals surface area contributed by atoms with Crippen LogP contribution >= 0.6 is 90.4 Å². The van der Waals surface area contributed by atoms with Gasteiger partial charge < -0.3 is 71.1 Å². The molecule has 0 aromatic heterocycles. The molecule has 254 valence electrons.